The fraction of sp³-hybridized carbons (Fsp3) is 0.812. The van der Waals surface area contributed by atoms with E-state index in [9.17, 15) is 0 Å². The lowest BCUT2D eigenvalue weighted by Gasteiger charge is -2.33. The average Bonchev–Trinajstić information content (AvgIpc) is 2.56. The normalized spacial score (nSPS) is 20.1. The van der Waals surface area contributed by atoms with E-state index < -0.39 is 0 Å². The quantitative estimate of drug-likeness (QED) is 0.872. The highest BCUT2D eigenvalue weighted by atomic mass is 32.1. The van der Waals surface area contributed by atoms with Crippen molar-refractivity contribution in [2.75, 3.05) is 0 Å². The van der Waals surface area contributed by atoms with Crippen molar-refractivity contribution in [1.82, 2.24) is 10.3 Å². The first-order chi connectivity index (χ1) is 8.79. The van der Waals surface area contributed by atoms with Gasteiger partial charge in [0.15, 0.2) is 0 Å². The van der Waals surface area contributed by atoms with Crippen LogP contribution in [-0.2, 0) is 5.41 Å². The van der Waals surface area contributed by atoms with Crippen molar-refractivity contribution in [1.29, 1.82) is 0 Å². The average molecular weight is 280 g/mol. The summed E-state index contributed by atoms with van der Waals surface area (Å²) in [4.78, 5) is 6.18. The number of rotatable bonds is 4. The maximum atomic E-state index is 4.77. The van der Waals surface area contributed by atoms with E-state index in [1.54, 1.807) is 0 Å². The summed E-state index contributed by atoms with van der Waals surface area (Å²) in [5, 5.41) is 5.03. The molecule has 2 nitrogen and oxygen atoms in total. The largest absolute Gasteiger partial charge is 0.307 e. The molecule has 1 fully saturated rings. The van der Waals surface area contributed by atoms with E-state index in [2.05, 4.69) is 46.9 Å². The monoisotopic (exact) mass is 280 g/mol. The number of nitrogens with one attached hydrogen (secondary N) is 1. The van der Waals surface area contributed by atoms with Crippen LogP contribution in [-0.4, -0.2) is 11.0 Å². The first-order valence-electron chi connectivity index (χ1n) is 7.53. The molecule has 1 aromatic heterocycles. The summed E-state index contributed by atoms with van der Waals surface area (Å²) in [7, 11) is 0. The predicted molar refractivity (Wildman–Crippen MR) is 83.9 cm³/mol. The molecule has 1 aliphatic carbocycles. The van der Waals surface area contributed by atoms with Gasteiger partial charge in [-0.05, 0) is 39.5 Å². The maximum absolute atomic E-state index is 4.77. The minimum atomic E-state index is 0.160. The predicted octanol–water partition coefficient (Wildman–Crippen LogP) is 4.59. The lowest BCUT2D eigenvalue weighted by molar-refractivity contribution is 0.230. The van der Waals surface area contributed by atoms with Gasteiger partial charge in [-0.3, -0.25) is 0 Å². The lowest BCUT2D eigenvalue weighted by Crippen LogP contribution is -2.38. The van der Waals surface area contributed by atoms with Gasteiger partial charge in [-0.2, -0.15) is 0 Å². The highest BCUT2D eigenvalue weighted by molar-refractivity contribution is 7.12. The van der Waals surface area contributed by atoms with Crippen molar-refractivity contribution < 1.29 is 0 Å². The lowest BCUT2D eigenvalue weighted by atomic mass is 9.80. The summed E-state index contributed by atoms with van der Waals surface area (Å²) in [6.45, 7) is 13.5. The Morgan fingerprint density at radius 3 is 2.32 bits per heavy atom. The van der Waals surface area contributed by atoms with Gasteiger partial charge in [-0.15, -0.1) is 11.3 Å². The Bertz CT molecular complexity index is 426. The number of thiazole rings is 1. The molecule has 1 saturated carbocycles. The third-order valence-electron chi connectivity index (χ3n) is 4.24. The van der Waals surface area contributed by atoms with Crippen LogP contribution in [0.1, 0.15) is 75.5 Å². The van der Waals surface area contributed by atoms with Crippen molar-refractivity contribution in [2.24, 2.45) is 5.92 Å². The van der Waals surface area contributed by atoms with Gasteiger partial charge in [0.2, 0.25) is 0 Å². The Balaban J connectivity index is 2.06. The van der Waals surface area contributed by atoms with E-state index in [4.69, 9.17) is 4.98 Å². The van der Waals surface area contributed by atoms with Gasteiger partial charge in [-0.1, -0.05) is 27.2 Å². The third-order valence-corrected chi connectivity index (χ3v) is 6.00. The Morgan fingerprint density at radius 2 is 1.89 bits per heavy atom. The number of nitrogens with zero attached hydrogens (tertiary/aromatic N) is 1. The van der Waals surface area contributed by atoms with Crippen LogP contribution in [0.5, 0.6) is 0 Å². The van der Waals surface area contributed by atoms with Gasteiger partial charge in [0, 0.05) is 22.4 Å². The van der Waals surface area contributed by atoms with Crippen LogP contribution >= 0.6 is 11.3 Å². The van der Waals surface area contributed by atoms with E-state index >= 15 is 0 Å². The van der Waals surface area contributed by atoms with E-state index in [1.807, 2.05) is 11.3 Å². The number of hydrogen-bond acceptors (Lipinski definition) is 3. The molecule has 2 atom stereocenters. The molecule has 0 radical (unpaired) electrons. The summed E-state index contributed by atoms with van der Waals surface area (Å²) < 4.78 is 0. The zero-order valence-corrected chi connectivity index (χ0v) is 14.0. The maximum Gasteiger partial charge on any atom is 0.0985 e. The SMILES string of the molecule is Cc1nc(C(C)(C)C)sc1C(C)NC(C)C1CCC1. The Morgan fingerprint density at radius 1 is 1.26 bits per heavy atom. The summed E-state index contributed by atoms with van der Waals surface area (Å²) in [5.74, 6) is 0.887. The van der Waals surface area contributed by atoms with E-state index in [0.29, 0.717) is 12.1 Å². The Kier molecular flexibility index (Phi) is 4.36. The van der Waals surface area contributed by atoms with Crippen LogP contribution < -0.4 is 5.32 Å². The van der Waals surface area contributed by atoms with Crippen LogP contribution in [0.3, 0.4) is 0 Å². The first-order valence-corrected chi connectivity index (χ1v) is 8.34. The minimum Gasteiger partial charge on any atom is -0.307 e. The van der Waals surface area contributed by atoms with Crippen LogP contribution in [0.4, 0.5) is 0 Å². The van der Waals surface area contributed by atoms with Gasteiger partial charge in [0.25, 0.3) is 0 Å². The first kappa shape index (κ1) is 15.0. The standard InChI is InChI=1S/C16H28N2S/c1-10(13-8-7-9-13)17-11(2)14-12(3)18-15(19-14)16(4,5)6/h10-11,13,17H,7-9H2,1-6H3. The molecule has 2 rings (SSSR count). The summed E-state index contributed by atoms with van der Waals surface area (Å²) in [5.41, 5.74) is 1.36. The second kappa shape index (κ2) is 5.53. The second-order valence-corrected chi connectivity index (χ2v) is 8.12. The molecule has 19 heavy (non-hydrogen) atoms. The van der Waals surface area contributed by atoms with Crippen LogP contribution in [0.15, 0.2) is 0 Å². The van der Waals surface area contributed by atoms with E-state index in [0.717, 1.165) is 5.92 Å². The van der Waals surface area contributed by atoms with Crippen LogP contribution in [0.25, 0.3) is 0 Å². The summed E-state index contributed by atoms with van der Waals surface area (Å²) in [6, 6.07) is 1.05. The van der Waals surface area contributed by atoms with Crippen LogP contribution in [0, 0.1) is 12.8 Å². The molecule has 108 valence electrons. The van der Waals surface area contributed by atoms with Crippen molar-refractivity contribution in [3.05, 3.63) is 15.6 Å². The molecule has 0 bridgehead atoms. The van der Waals surface area contributed by atoms with Gasteiger partial charge >= 0.3 is 0 Å². The topological polar surface area (TPSA) is 24.9 Å². The molecule has 0 aliphatic heterocycles. The fourth-order valence-corrected chi connectivity index (χ4v) is 3.81. The molecule has 1 N–H and O–H groups in total. The van der Waals surface area contributed by atoms with Crippen molar-refractivity contribution in [3.8, 4) is 0 Å². The molecular weight excluding hydrogens is 252 g/mol. The smallest absolute Gasteiger partial charge is 0.0985 e. The highest BCUT2D eigenvalue weighted by Gasteiger charge is 2.27. The molecule has 1 aromatic rings. The number of aromatic nitrogens is 1. The molecule has 0 amide bonds. The molecule has 0 saturated heterocycles. The molecule has 3 heteroatoms. The van der Waals surface area contributed by atoms with Gasteiger partial charge in [0.1, 0.15) is 0 Å². The fourth-order valence-electron chi connectivity index (χ4n) is 2.68. The molecule has 1 heterocycles. The highest BCUT2D eigenvalue weighted by Crippen LogP contribution is 2.34. The van der Waals surface area contributed by atoms with Gasteiger partial charge in [-0.25, -0.2) is 4.98 Å². The van der Waals surface area contributed by atoms with Gasteiger partial charge < -0.3 is 5.32 Å². The molecule has 0 spiro atoms. The second-order valence-electron chi connectivity index (χ2n) is 7.09. The van der Waals surface area contributed by atoms with E-state index in [1.165, 1.54) is 34.8 Å². The van der Waals surface area contributed by atoms with E-state index in [-0.39, 0.29) is 5.41 Å². The van der Waals surface area contributed by atoms with Crippen molar-refractivity contribution >= 4 is 11.3 Å². The summed E-state index contributed by atoms with van der Waals surface area (Å²) in [6.07, 6.45) is 4.21. The third kappa shape index (κ3) is 3.38. The Hall–Kier alpha value is -0.410. The minimum absolute atomic E-state index is 0.160. The number of hydrogen-bond donors (Lipinski definition) is 1. The molecule has 0 aromatic carbocycles. The molecule has 2 unspecified atom stereocenters. The van der Waals surface area contributed by atoms with Crippen molar-refractivity contribution in [3.63, 3.8) is 0 Å². The van der Waals surface area contributed by atoms with Crippen LogP contribution in [0.2, 0.25) is 0 Å². The molecular formula is C16H28N2S. The molecule has 1 aliphatic rings. The summed E-state index contributed by atoms with van der Waals surface area (Å²) >= 11 is 1.88. The van der Waals surface area contributed by atoms with Gasteiger partial charge in [0.05, 0.1) is 10.7 Å². The Labute approximate surface area is 122 Å². The van der Waals surface area contributed by atoms with Crippen molar-refractivity contribution in [2.45, 2.75) is 78.3 Å². The number of aryl methyl sites for hydroxylation is 1. The zero-order chi connectivity index (χ0) is 14.2. The zero-order valence-electron chi connectivity index (χ0n) is 13.2.